The fourth-order valence-corrected chi connectivity index (χ4v) is 1.84. The van der Waals surface area contributed by atoms with Gasteiger partial charge in [-0.1, -0.05) is 0 Å². The van der Waals surface area contributed by atoms with Crippen LogP contribution >= 0.6 is 15.9 Å². The highest BCUT2D eigenvalue weighted by Crippen LogP contribution is 2.36. The highest BCUT2D eigenvalue weighted by molar-refractivity contribution is 9.10. The third-order valence-corrected chi connectivity index (χ3v) is 2.39. The molecule has 0 aliphatic carbocycles. The van der Waals surface area contributed by atoms with E-state index in [0.717, 1.165) is 10.0 Å². The van der Waals surface area contributed by atoms with Gasteiger partial charge >= 0.3 is 0 Å². The van der Waals surface area contributed by atoms with Gasteiger partial charge in [-0.3, -0.25) is 0 Å². The minimum Gasteiger partial charge on any atom is -0.493 e. The number of hydrogen-bond acceptors (Lipinski definition) is 2. The Balaban J connectivity index is 3.18. The lowest BCUT2D eigenvalue weighted by atomic mass is 10.1. The molecule has 0 bridgehead atoms. The van der Waals surface area contributed by atoms with Gasteiger partial charge in [0.05, 0.1) is 18.7 Å². The zero-order chi connectivity index (χ0) is 10.6. The average Bonchev–Trinajstić information content (AvgIpc) is 2.17. The summed E-state index contributed by atoms with van der Waals surface area (Å²) < 4.78 is 11.2. The Hall–Kier alpha value is -1.14. The van der Waals surface area contributed by atoms with Crippen LogP contribution < -0.4 is 9.47 Å². The van der Waals surface area contributed by atoms with Crippen molar-refractivity contribution in [2.75, 3.05) is 14.2 Å². The molecule has 0 aliphatic rings. The van der Waals surface area contributed by atoms with Crippen LogP contribution in [-0.4, -0.2) is 14.2 Å². The van der Waals surface area contributed by atoms with Gasteiger partial charge in [0, 0.05) is 6.42 Å². The molecule has 2 nitrogen and oxygen atoms in total. The summed E-state index contributed by atoms with van der Waals surface area (Å²) in [6, 6.07) is 3.81. The van der Waals surface area contributed by atoms with Crippen LogP contribution in [0.3, 0.4) is 0 Å². The van der Waals surface area contributed by atoms with Crippen molar-refractivity contribution in [3.8, 4) is 23.8 Å². The number of terminal acetylenes is 1. The molecule has 0 heterocycles. The summed E-state index contributed by atoms with van der Waals surface area (Å²) in [7, 11) is 3.20. The summed E-state index contributed by atoms with van der Waals surface area (Å²) in [5.41, 5.74) is 1.03. The first-order valence-corrected chi connectivity index (χ1v) is 4.86. The second-order valence-corrected chi connectivity index (χ2v) is 3.55. The van der Waals surface area contributed by atoms with Crippen molar-refractivity contribution in [2.45, 2.75) is 6.42 Å². The molecular weight excluding hydrogens is 244 g/mol. The second-order valence-electron chi connectivity index (χ2n) is 2.69. The highest BCUT2D eigenvalue weighted by Gasteiger charge is 2.09. The van der Waals surface area contributed by atoms with E-state index >= 15 is 0 Å². The molecule has 0 N–H and O–H groups in total. The van der Waals surface area contributed by atoms with Gasteiger partial charge in [-0.25, -0.2) is 0 Å². The Bertz CT molecular complexity index is 366. The molecule has 1 rings (SSSR count). The average molecular weight is 255 g/mol. The zero-order valence-corrected chi connectivity index (χ0v) is 9.72. The molecule has 0 amide bonds. The number of hydrogen-bond donors (Lipinski definition) is 0. The summed E-state index contributed by atoms with van der Waals surface area (Å²) in [5.74, 6) is 3.96. The van der Waals surface area contributed by atoms with Crippen molar-refractivity contribution >= 4 is 15.9 Å². The zero-order valence-electron chi connectivity index (χ0n) is 8.13. The van der Waals surface area contributed by atoms with Crippen molar-refractivity contribution < 1.29 is 9.47 Å². The minimum atomic E-state index is 0.582. The van der Waals surface area contributed by atoms with Gasteiger partial charge in [0.1, 0.15) is 0 Å². The first-order chi connectivity index (χ1) is 6.72. The third-order valence-electron chi connectivity index (χ3n) is 1.80. The van der Waals surface area contributed by atoms with Crippen LogP contribution in [0.4, 0.5) is 0 Å². The third kappa shape index (κ3) is 2.21. The van der Waals surface area contributed by atoms with Crippen LogP contribution in [0.2, 0.25) is 0 Å². The van der Waals surface area contributed by atoms with Gasteiger partial charge in [-0.05, 0) is 33.6 Å². The molecule has 3 heteroatoms. The van der Waals surface area contributed by atoms with Gasteiger partial charge in [-0.2, -0.15) is 0 Å². The first-order valence-electron chi connectivity index (χ1n) is 4.06. The molecule has 0 aliphatic heterocycles. The van der Waals surface area contributed by atoms with Crippen LogP contribution in [-0.2, 0) is 6.42 Å². The molecule has 0 atom stereocenters. The Morgan fingerprint density at radius 3 is 2.57 bits per heavy atom. The monoisotopic (exact) mass is 254 g/mol. The van der Waals surface area contributed by atoms with Gasteiger partial charge < -0.3 is 9.47 Å². The Labute approximate surface area is 92.3 Å². The molecule has 0 aromatic heterocycles. The number of rotatable bonds is 3. The van der Waals surface area contributed by atoms with Crippen molar-refractivity contribution in [1.82, 2.24) is 0 Å². The lowest BCUT2D eigenvalue weighted by Crippen LogP contribution is -1.93. The fraction of sp³-hybridized carbons (Fsp3) is 0.273. The van der Waals surface area contributed by atoms with Gasteiger partial charge in [0.15, 0.2) is 11.5 Å². The molecule has 14 heavy (non-hydrogen) atoms. The molecule has 0 spiro atoms. The van der Waals surface area contributed by atoms with Crippen LogP contribution in [0.5, 0.6) is 11.5 Å². The topological polar surface area (TPSA) is 18.5 Å². The van der Waals surface area contributed by atoms with Gasteiger partial charge in [0.2, 0.25) is 0 Å². The summed E-state index contributed by atoms with van der Waals surface area (Å²) in [6.07, 6.45) is 5.82. The first kappa shape index (κ1) is 10.9. The largest absolute Gasteiger partial charge is 0.493 e. The smallest absolute Gasteiger partial charge is 0.174 e. The molecule has 0 radical (unpaired) electrons. The van der Waals surface area contributed by atoms with Crippen molar-refractivity contribution in [3.63, 3.8) is 0 Å². The van der Waals surface area contributed by atoms with Crippen LogP contribution in [0, 0.1) is 12.3 Å². The summed E-state index contributed by atoms with van der Waals surface area (Å²) in [4.78, 5) is 0. The predicted octanol–water partition coefficient (Wildman–Crippen LogP) is 2.64. The Morgan fingerprint density at radius 2 is 2.07 bits per heavy atom. The van der Waals surface area contributed by atoms with Crippen molar-refractivity contribution in [2.24, 2.45) is 0 Å². The molecule has 0 saturated carbocycles. The number of halogens is 1. The predicted molar refractivity (Wildman–Crippen MR) is 59.8 cm³/mol. The molecule has 0 fully saturated rings. The Morgan fingerprint density at radius 1 is 1.36 bits per heavy atom. The molecule has 0 saturated heterocycles. The van der Waals surface area contributed by atoms with E-state index < -0.39 is 0 Å². The molecular formula is C11H11BrO2. The number of methoxy groups -OCH3 is 2. The van der Waals surface area contributed by atoms with Crippen LogP contribution in [0.15, 0.2) is 16.6 Å². The van der Waals surface area contributed by atoms with Crippen LogP contribution in [0.1, 0.15) is 5.56 Å². The summed E-state index contributed by atoms with van der Waals surface area (Å²) >= 11 is 3.40. The van der Waals surface area contributed by atoms with Gasteiger partial charge in [0.25, 0.3) is 0 Å². The van der Waals surface area contributed by atoms with E-state index in [4.69, 9.17) is 15.9 Å². The lowest BCUT2D eigenvalue weighted by molar-refractivity contribution is 0.353. The maximum atomic E-state index is 5.24. The standard InChI is InChI=1S/C11H11BrO2/c1-4-5-8-6-9(12)11(14-3)10(7-8)13-2/h1,6-7H,5H2,2-3H3. The molecule has 0 unspecified atom stereocenters. The van der Waals surface area contributed by atoms with Crippen LogP contribution in [0.25, 0.3) is 0 Å². The molecule has 74 valence electrons. The van der Waals surface area contributed by atoms with E-state index in [1.165, 1.54) is 0 Å². The Kier molecular flexibility index (Phi) is 3.84. The quantitative estimate of drug-likeness (QED) is 0.773. The highest BCUT2D eigenvalue weighted by atomic mass is 79.9. The van der Waals surface area contributed by atoms with E-state index in [-0.39, 0.29) is 0 Å². The minimum absolute atomic E-state index is 0.582. The van der Waals surface area contributed by atoms with E-state index in [1.54, 1.807) is 14.2 Å². The van der Waals surface area contributed by atoms with Crippen molar-refractivity contribution in [1.29, 1.82) is 0 Å². The molecule has 1 aromatic rings. The van der Waals surface area contributed by atoms with Gasteiger partial charge in [-0.15, -0.1) is 12.3 Å². The fourth-order valence-electron chi connectivity index (χ4n) is 1.19. The summed E-state index contributed by atoms with van der Waals surface area (Å²) in [6.45, 7) is 0. The van der Waals surface area contributed by atoms with E-state index in [0.29, 0.717) is 17.9 Å². The van der Waals surface area contributed by atoms with E-state index in [1.807, 2.05) is 12.1 Å². The number of benzene rings is 1. The van der Waals surface area contributed by atoms with Crippen molar-refractivity contribution in [3.05, 3.63) is 22.2 Å². The van der Waals surface area contributed by atoms with E-state index in [9.17, 15) is 0 Å². The SMILES string of the molecule is C#CCc1cc(Br)c(OC)c(OC)c1. The molecule has 1 aromatic carbocycles. The number of ether oxygens (including phenoxy) is 2. The lowest BCUT2D eigenvalue weighted by Gasteiger charge is -2.10. The normalized spacial score (nSPS) is 9.29. The maximum absolute atomic E-state index is 5.24. The summed E-state index contributed by atoms with van der Waals surface area (Å²) in [5, 5.41) is 0. The second kappa shape index (κ2) is 4.92. The maximum Gasteiger partial charge on any atom is 0.174 e. The van der Waals surface area contributed by atoms with E-state index in [2.05, 4.69) is 21.9 Å².